The molecular weight excluding hydrogens is 432 g/mol. The van der Waals surface area contributed by atoms with Gasteiger partial charge in [0.05, 0.1) is 17.6 Å². The zero-order valence-electron chi connectivity index (χ0n) is 15.1. The number of sulfonamides is 1. The highest BCUT2D eigenvalue weighted by atomic mass is 79.9. The van der Waals surface area contributed by atoms with Gasteiger partial charge in [-0.05, 0) is 53.0 Å². The second-order valence-corrected chi connectivity index (χ2v) is 9.08. The number of benzene rings is 2. The number of ether oxygens (including phenoxy) is 1. The molecule has 1 amide bonds. The van der Waals surface area contributed by atoms with Crippen LogP contribution in [0.1, 0.15) is 28.8 Å². The van der Waals surface area contributed by atoms with E-state index in [4.69, 9.17) is 4.74 Å². The van der Waals surface area contributed by atoms with E-state index in [1.807, 2.05) is 24.3 Å². The first-order valence-corrected chi connectivity index (χ1v) is 10.8. The summed E-state index contributed by atoms with van der Waals surface area (Å²) in [6, 6.07) is 12.0. The maximum atomic E-state index is 12.9. The molecule has 0 bridgehead atoms. The molecule has 0 atom stereocenters. The Kier molecular flexibility index (Phi) is 5.88. The number of amides is 1. The molecule has 144 valence electrons. The van der Waals surface area contributed by atoms with E-state index in [9.17, 15) is 13.2 Å². The summed E-state index contributed by atoms with van der Waals surface area (Å²) in [6.07, 6.45) is 1.70. The number of hydrogen-bond acceptors (Lipinski definition) is 4. The van der Waals surface area contributed by atoms with Crippen molar-refractivity contribution >= 4 is 31.9 Å². The third kappa shape index (κ3) is 4.69. The monoisotopic (exact) mass is 452 g/mol. The van der Waals surface area contributed by atoms with Crippen LogP contribution >= 0.6 is 15.9 Å². The van der Waals surface area contributed by atoms with Crippen molar-refractivity contribution in [3.8, 4) is 5.75 Å². The molecule has 8 heteroatoms. The summed E-state index contributed by atoms with van der Waals surface area (Å²) in [7, 11) is -0.373. The minimum atomic E-state index is -3.63. The highest BCUT2D eigenvalue weighted by molar-refractivity contribution is 9.10. The van der Waals surface area contributed by atoms with Gasteiger partial charge < -0.3 is 9.64 Å². The summed E-state index contributed by atoms with van der Waals surface area (Å²) in [5.41, 5.74) is 1.16. The van der Waals surface area contributed by atoms with Gasteiger partial charge in [-0.1, -0.05) is 18.2 Å². The largest absolute Gasteiger partial charge is 0.496 e. The number of rotatable bonds is 7. The van der Waals surface area contributed by atoms with Crippen LogP contribution in [0, 0.1) is 0 Å². The molecule has 0 saturated heterocycles. The van der Waals surface area contributed by atoms with Crippen molar-refractivity contribution in [1.29, 1.82) is 0 Å². The van der Waals surface area contributed by atoms with Crippen molar-refractivity contribution in [3.63, 3.8) is 0 Å². The van der Waals surface area contributed by atoms with Gasteiger partial charge in [0, 0.05) is 29.7 Å². The van der Waals surface area contributed by atoms with Crippen molar-refractivity contribution in [3.05, 3.63) is 58.1 Å². The third-order valence-electron chi connectivity index (χ3n) is 4.32. The minimum absolute atomic E-state index is 0.00557. The fourth-order valence-corrected chi connectivity index (χ4v) is 4.44. The summed E-state index contributed by atoms with van der Waals surface area (Å²) < 4.78 is 33.4. The third-order valence-corrected chi connectivity index (χ3v) is 6.53. The van der Waals surface area contributed by atoms with Gasteiger partial charge >= 0.3 is 0 Å². The first-order chi connectivity index (χ1) is 12.8. The van der Waals surface area contributed by atoms with E-state index in [0.717, 1.165) is 18.4 Å². The van der Waals surface area contributed by atoms with Crippen LogP contribution in [0.15, 0.2) is 51.8 Å². The Morgan fingerprint density at radius 2 is 1.96 bits per heavy atom. The highest BCUT2D eigenvalue weighted by Crippen LogP contribution is 2.26. The van der Waals surface area contributed by atoms with E-state index in [1.54, 1.807) is 20.2 Å². The van der Waals surface area contributed by atoms with E-state index < -0.39 is 10.0 Å². The second kappa shape index (κ2) is 8.00. The number of methoxy groups -OCH3 is 1. The molecule has 1 fully saturated rings. The van der Waals surface area contributed by atoms with Gasteiger partial charge in [-0.15, -0.1) is 0 Å². The first kappa shape index (κ1) is 19.9. The molecule has 1 N–H and O–H groups in total. The SMILES string of the molecule is COc1ccccc1CN(C)C(=O)c1cc(S(=O)(=O)NC2CC2)ccc1Br. The molecule has 27 heavy (non-hydrogen) atoms. The lowest BCUT2D eigenvalue weighted by Gasteiger charge is -2.20. The molecule has 0 radical (unpaired) electrons. The summed E-state index contributed by atoms with van der Waals surface area (Å²) in [5, 5.41) is 0. The van der Waals surface area contributed by atoms with Crippen LogP contribution in [0.5, 0.6) is 5.75 Å². The summed E-state index contributed by atoms with van der Waals surface area (Å²) in [5.74, 6) is 0.414. The number of hydrogen-bond donors (Lipinski definition) is 1. The molecule has 3 rings (SSSR count). The molecule has 2 aromatic rings. The van der Waals surface area contributed by atoms with Crippen molar-refractivity contribution in [1.82, 2.24) is 9.62 Å². The summed E-state index contributed by atoms with van der Waals surface area (Å²) in [6.45, 7) is 0.340. The Balaban J connectivity index is 1.84. The van der Waals surface area contributed by atoms with E-state index in [1.165, 1.54) is 17.0 Å². The first-order valence-electron chi connectivity index (χ1n) is 8.51. The number of para-hydroxylation sites is 1. The number of halogens is 1. The number of carbonyl (C=O) groups is 1. The van der Waals surface area contributed by atoms with Crippen LogP contribution in [-0.2, 0) is 16.6 Å². The van der Waals surface area contributed by atoms with Crippen LogP contribution in [0.2, 0.25) is 0 Å². The highest BCUT2D eigenvalue weighted by Gasteiger charge is 2.29. The molecule has 6 nitrogen and oxygen atoms in total. The maximum absolute atomic E-state index is 12.9. The predicted molar refractivity (Wildman–Crippen MR) is 106 cm³/mol. The molecule has 1 saturated carbocycles. The quantitative estimate of drug-likeness (QED) is 0.699. The van der Waals surface area contributed by atoms with Gasteiger partial charge in [0.1, 0.15) is 5.75 Å². The molecule has 0 spiro atoms. The van der Waals surface area contributed by atoms with Crippen LogP contribution in [-0.4, -0.2) is 39.4 Å². The second-order valence-electron chi connectivity index (χ2n) is 6.51. The Labute approximate surface area is 167 Å². The van der Waals surface area contributed by atoms with Gasteiger partial charge in [0.2, 0.25) is 10.0 Å². The van der Waals surface area contributed by atoms with Crippen LogP contribution < -0.4 is 9.46 Å². The molecule has 1 aliphatic rings. The number of nitrogens with one attached hydrogen (secondary N) is 1. The van der Waals surface area contributed by atoms with E-state index >= 15 is 0 Å². The molecule has 2 aromatic carbocycles. The zero-order chi connectivity index (χ0) is 19.6. The smallest absolute Gasteiger partial charge is 0.255 e. The predicted octanol–water partition coefficient (Wildman–Crippen LogP) is 3.17. The average Bonchev–Trinajstić information content (AvgIpc) is 3.45. The van der Waals surface area contributed by atoms with E-state index in [2.05, 4.69) is 20.7 Å². The van der Waals surface area contributed by atoms with Gasteiger partial charge in [-0.25, -0.2) is 13.1 Å². The number of nitrogens with zero attached hydrogens (tertiary/aromatic N) is 1. The summed E-state index contributed by atoms with van der Waals surface area (Å²) in [4.78, 5) is 14.5. The Hall–Kier alpha value is -1.90. The Morgan fingerprint density at radius 3 is 2.63 bits per heavy atom. The molecule has 0 aliphatic heterocycles. The fraction of sp³-hybridized carbons (Fsp3) is 0.316. The zero-order valence-corrected chi connectivity index (χ0v) is 17.5. The molecular formula is C19H21BrN2O4S. The van der Waals surface area contributed by atoms with Crippen LogP contribution in [0.3, 0.4) is 0 Å². The van der Waals surface area contributed by atoms with E-state index in [-0.39, 0.29) is 16.8 Å². The van der Waals surface area contributed by atoms with Crippen molar-refractivity contribution in [2.45, 2.75) is 30.3 Å². The Morgan fingerprint density at radius 1 is 1.26 bits per heavy atom. The molecule has 0 aromatic heterocycles. The number of carbonyl (C=O) groups excluding carboxylic acids is 1. The van der Waals surface area contributed by atoms with Gasteiger partial charge in [-0.2, -0.15) is 0 Å². The fourth-order valence-electron chi connectivity index (χ4n) is 2.69. The lowest BCUT2D eigenvalue weighted by Crippen LogP contribution is -2.28. The normalized spacial score (nSPS) is 14.0. The van der Waals surface area contributed by atoms with Crippen LogP contribution in [0.25, 0.3) is 0 Å². The van der Waals surface area contributed by atoms with Crippen molar-refractivity contribution in [2.75, 3.05) is 14.2 Å². The Bertz CT molecular complexity index is 958. The summed E-state index contributed by atoms with van der Waals surface area (Å²) >= 11 is 3.36. The van der Waals surface area contributed by atoms with Crippen molar-refractivity contribution in [2.24, 2.45) is 0 Å². The van der Waals surface area contributed by atoms with Crippen LogP contribution in [0.4, 0.5) is 0 Å². The average molecular weight is 453 g/mol. The molecule has 1 aliphatic carbocycles. The lowest BCUT2D eigenvalue weighted by molar-refractivity contribution is 0.0783. The topological polar surface area (TPSA) is 75.7 Å². The van der Waals surface area contributed by atoms with E-state index in [0.29, 0.717) is 22.3 Å². The van der Waals surface area contributed by atoms with Gasteiger partial charge in [0.25, 0.3) is 5.91 Å². The molecule has 0 unspecified atom stereocenters. The standard InChI is InChI=1S/C19H21BrN2O4S/c1-22(12-13-5-3-4-6-18(13)26-2)19(23)16-11-15(9-10-17(16)20)27(24,25)21-14-7-8-14/h3-6,9-11,14,21H,7-8,12H2,1-2H3. The minimum Gasteiger partial charge on any atom is -0.496 e. The lowest BCUT2D eigenvalue weighted by atomic mass is 10.1. The van der Waals surface area contributed by atoms with Gasteiger partial charge in [0.15, 0.2) is 0 Å². The van der Waals surface area contributed by atoms with Gasteiger partial charge in [-0.3, -0.25) is 4.79 Å². The van der Waals surface area contributed by atoms with Crippen molar-refractivity contribution < 1.29 is 17.9 Å². The molecule has 0 heterocycles. The maximum Gasteiger partial charge on any atom is 0.255 e.